The zero-order chi connectivity index (χ0) is 37.7. The van der Waals surface area contributed by atoms with Crippen molar-refractivity contribution >= 4 is 11.8 Å². The van der Waals surface area contributed by atoms with Crippen LogP contribution >= 0.6 is 0 Å². The lowest BCUT2D eigenvalue weighted by atomic mass is 9.79. The maximum Gasteiger partial charge on any atom is 0.270 e. The van der Waals surface area contributed by atoms with Gasteiger partial charge < -0.3 is 26.7 Å². The number of rotatable bonds is 25. The highest BCUT2D eigenvalue weighted by molar-refractivity contribution is 5.93. The molecule has 1 aromatic heterocycles. The number of benzene rings is 3. The Labute approximate surface area is 316 Å². The quantitative estimate of drug-likeness (QED) is 0.0280. The molecule has 0 aliphatic carbocycles. The SMILES string of the molecule is NCCCCCCCN(CCCCCCCN)C(=O)c1cc(CCC(=O)NO)c(CCC(N)(c2ccccc2)c2ccccc2)n1Cc1ccccc1. The molecule has 1 heterocycles. The van der Waals surface area contributed by atoms with Gasteiger partial charge in [0.25, 0.3) is 5.91 Å². The van der Waals surface area contributed by atoms with Crippen molar-refractivity contribution in [1.82, 2.24) is 14.9 Å². The number of aryl methyl sites for hydroxylation is 1. The molecule has 2 amide bonds. The lowest BCUT2D eigenvalue weighted by Gasteiger charge is -2.31. The molecule has 4 aromatic rings. The van der Waals surface area contributed by atoms with Gasteiger partial charge in [-0.05, 0) is 86.4 Å². The minimum absolute atomic E-state index is 0.00841. The Morgan fingerprint density at radius 1 is 0.679 bits per heavy atom. The van der Waals surface area contributed by atoms with Crippen LogP contribution in [-0.2, 0) is 29.7 Å². The number of nitrogens with one attached hydrogen (secondary N) is 1. The number of hydrogen-bond donors (Lipinski definition) is 5. The summed E-state index contributed by atoms with van der Waals surface area (Å²) in [6.45, 7) is 3.29. The van der Waals surface area contributed by atoms with Gasteiger partial charge in [-0.1, -0.05) is 130 Å². The summed E-state index contributed by atoms with van der Waals surface area (Å²) in [7, 11) is 0. The summed E-state index contributed by atoms with van der Waals surface area (Å²) in [6, 6.07) is 32.5. The van der Waals surface area contributed by atoms with E-state index in [1.165, 1.54) is 0 Å². The molecular formula is C44H62N6O3. The van der Waals surface area contributed by atoms with Crippen molar-refractivity contribution in [2.45, 2.75) is 102 Å². The third-order valence-electron chi connectivity index (χ3n) is 10.3. The fourth-order valence-electron chi connectivity index (χ4n) is 7.26. The van der Waals surface area contributed by atoms with Gasteiger partial charge in [0, 0.05) is 31.7 Å². The number of unbranched alkanes of at least 4 members (excludes halogenated alkanes) is 8. The van der Waals surface area contributed by atoms with Crippen molar-refractivity contribution in [2.24, 2.45) is 17.2 Å². The van der Waals surface area contributed by atoms with Crippen molar-refractivity contribution in [2.75, 3.05) is 26.2 Å². The molecule has 9 nitrogen and oxygen atoms in total. The Hall–Kier alpha value is -4.28. The van der Waals surface area contributed by atoms with Crippen molar-refractivity contribution in [3.63, 3.8) is 0 Å². The van der Waals surface area contributed by atoms with Crippen LogP contribution in [0.4, 0.5) is 0 Å². The van der Waals surface area contributed by atoms with Crippen molar-refractivity contribution in [3.8, 4) is 0 Å². The molecule has 9 heteroatoms. The number of aromatic nitrogens is 1. The van der Waals surface area contributed by atoms with Gasteiger partial charge in [0.15, 0.2) is 0 Å². The average Bonchev–Trinajstić information content (AvgIpc) is 3.54. The van der Waals surface area contributed by atoms with Crippen LogP contribution in [0.1, 0.15) is 115 Å². The molecule has 0 atom stereocenters. The van der Waals surface area contributed by atoms with Gasteiger partial charge in [0.2, 0.25) is 5.91 Å². The summed E-state index contributed by atoms with van der Waals surface area (Å²) < 4.78 is 2.16. The van der Waals surface area contributed by atoms with E-state index >= 15 is 0 Å². The Kier molecular flexibility index (Phi) is 17.8. The molecule has 0 unspecified atom stereocenters. The Morgan fingerprint density at radius 2 is 1.17 bits per heavy atom. The van der Waals surface area contributed by atoms with Gasteiger partial charge in [0.1, 0.15) is 5.69 Å². The average molecular weight is 723 g/mol. The fraction of sp³-hybridized carbons (Fsp3) is 0.455. The number of carbonyl (C=O) groups excluding carboxylic acids is 2. The van der Waals surface area contributed by atoms with E-state index in [0.29, 0.717) is 57.7 Å². The summed E-state index contributed by atoms with van der Waals surface area (Å²) in [5.74, 6) is -0.457. The van der Waals surface area contributed by atoms with E-state index < -0.39 is 11.4 Å². The molecule has 0 bridgehead atoms. The van der Waals surface area contributed by atoms with Crippen LogP contribution in [0.15, 0.2) is 97.1 Å². The van der Waals surface area contributed by atoms with Crippen LogP contribution in [0.25, 0.3) is 0 Å². The first-order valence-corrected chi connectivity index (χ1v) is 19.7. The summed E-state index contributed by atoms with van der Waals surface area (Å²) in [5.41, 5.74) is 25.4. The zero-order valence-electron chi connectivity index (χ0n) is 31.6. The van der Waals surface area contributed by atoms with Gasteiger partial charge in [-0.2, -0.15) is 0 Å². The van der Waals surface area contributed by atoms with Gasteiger partial charge >= 0.3 is 0 Å². The highest BCUT2D eigenvalue weighted by Crippen LogP contribution is 2.33. The third-order valence-corrected chi connectivity index (χ3v) is 10.3. The first-order chi connectivity index (χ1) is 25.9. The van der Waals surface area contributed by atoms with Crippen LogP contribution in [0.2, 0.25) is 0 Å². The molecular weight excluding hydrogens is 661 g/mol. The third kappa shape index (κ3) is 12.7. The standard InChI is InChI=1S/C44H62N6O3/c45-30-16-3-1-5-18-32-49(33-19-6-2-4-17-31-46)43(52)41-34-37(26-27-42(51)48-53)40(50(41)35-36-20-10-7-11-21-36)28-29-44(47,38-22-12-8-13-23-38)39-24-14-9-15-25-39/h7-15,20-25,34,53H,1-6,16-19,26-33,35,45-47H2,(H,48,51). The maximum absolute atomic E-state index is 14.8. The van der Waals surface area contributed by atoms with E-state index in [-0.39, 0.29) is 12.3 Å². The van der Waals surface area contributed by atoms with Gasteiger partial charge in [0.05, 0.1) is 5.54 Å². The van der Waals surface area contributed by atoms with Crippen molar-refractivity contribution < 1.29 is 14.8 Å². The van der Waals surface area contributed by atoms with Crippen LogP contribution < -0.4 is 22.7 Å². The molecule has 4 rings (SSSR count). The highest BCUT2D eigenvalue weighted by atomic mass is 16.5. The van der Waals surface area contributed by atoms with Crippen molar-refractivity contribution in [3.05, 3.63) is 131 Å². The molecule has 53 heavy (non-hydrogen) atoms. The predicted molar refractivity (Wildman–Crippen MR) is 215 cm³/mol. The minimum Gasteiger partial charge on any atom is -0.337 e. The van der Waals surface area contributed by atoms with E-state index in [4.69, 9.17) is 17.2 Å². The zero-order valence-corrected chi connectivity index (χ0v) is 31.6. The fourth-order valence-corrected chi connectivity index (χ4v) is 7.26. The largest absolute Gasteiger partial charge is 0.337 e. The van der Waals surface area contributed by atoms with Crippen LogP contribution in [0.3, 0.4) is 0 Å². The van der Waals surface area contributed by atoms with Crippen LogP contribution in [-0.4, -0.2) is 52.7 Å². The van der Waals surface area contributed by atoms with E-state index in [9.17, 15) is 14.8 Å². The smallest absolute Gasteiger partial charge is 0.270 e. The number of nitrogens with zero attached hydrogens (tertiary/aromatic N) is 2. The summed E-state index contributed by atoms with van der Waals surface area (Å²) in [6.07, 6.45) is 12.0. The molecule has 0 radical (unpaired) electrons. The second-order valence-electron chi connectivity index (χ2n) is 14.2. The lowest BCUT2D eigenvalue weighted by Crippen LogP contribution is -2.39. The summed E-state index contributed by atoms with van der Waals surface area (Å²) >= 11 is 0. The molecule has 0 aliphatic rings. The predicted octanol–water partition coefficient (Wildman–Crippen LogP) is 7.07. The summed E-state index contributed by atoms with van der Waals surface area (Å²) in [4.78, 5) is 29.2. The van der Waals surface area contributed by atoms with Crippen molar-refractivity contribution in [1.29, 1.82) is 0 Å². The Morgan fingerprint density at radius 3 is 1.68 bits per heavy atom. The number of hydroxylamine groups is 1. The Balaban J connectivity index is 1.74. The topological polar surface area (TPSA) is 153 Å². The lowest BCUT2D eigenvalue weighted by molar-refractivity contribution is -0.129. The van der Waals surface area contributed by atoms with E-state index in [1.807, 2.05) is 65.6 Å². The van der Waals surface area contributed by atoms with Crippen LogP contribution in [0.5, 0.6) is 0 Å². The molecule has 0 saturated carbocycles. The molecule has 3 aromatic carbocycles. The second-order valence-corrected chi connectivity index (χ2v) is 14.2. The molecule has 8 N–H and O–H groups in total. The van der Waals surface area contributed by atoms with E-state index in [1.54, 1.807) is 5.48 Å². The Bertz CT molecular complexity index is 1570. The number of hydrogen-bond acceptors (Lipinski definition) is 6. The number of amides is 2. The molecule has 0 spiro atoms. The van der Waals surface area contributed by atoms with E-state index in [2.05, 4.69) is 41.0 Å². The first kappa shape index (κ1) is 41.5. The minimum atomic E-state index is -0.798. The normalized spacial score (nSPS) is 11.5. The second kappa shape index (κ2) is 22.7. The number of carbonyl (C=O) groups is 2. The highest BCUT2D eigenvalue weighted by Gasteiger charge is 2.31. The maximum atomic E-state index is 14.8. The molecule has 286 valence electrons. The van der Waals surface area contributed by atoms with Gasteiger partial charge in [-0.3, -0.25) is 14.8 Å². The number of nitrogens with two attached hydrogens (primary N) is 3. The molecule has 0 saturated heterocycles. The summed E-state index contributed by atoms with van der Waals surface area (Å²) in [5, 5.41) is 9.37. The first-order valence-electron chi connectivity index (χ1n) is 19.7. The van der Waals surface area contributed by atoms with Gasteiger partial charge in [-0.15, -0.1) is 0 Å². The monoisotopic (exact) mass is 722 g/mol. The molecule has 0 aliphatic heterocycles. The van der Waals surface area contributed by atoms with E-state index in [0.717, 1.165) is 92.2 Å². The van der Waals surface area contributed by atoms with Gasteiger partial charge in [-0.25, -0.2) is 5.48 Å². The molecule has 0 fully saturated rings. The van der Waals surface area contributed by atoms with Crippen LogP contribution in [0, 0.1) is 0 Å².